The number of amides is 1. The van der Waals surface area contributed by atoms with E-state index >= 15 is 0 Å². The summed E-state index contributed by atoms with van der Waals surface area (Å²) in [6, 6.07) is 8.72. The fourth-order valence-electron chi connectivity index (χ4n) is 4.10. The number of nitrogens with one attached hydrogen (secondary N) is 1. The van der Waals surface area contributed by atoms with Crippen molar-refractivity contribution in [3.8, 4) is 11.8 Å². The number of rotatable bonds is 4. The second-order valence-corrected chi connectivity index (χ2v) is 9.15. The van der Waals surface area contributed by atoms with E-state index in [1.54, 1.807) is 18.2 Å². The number of carbonyl (C=O) groups excluding carboxylic acids is 1. The Morgan fingerprint density at radius 2 is 1.86 bits per heavy atom. The number of aromatic nitrogens is 2. The van der Waals surface area contributed by atoms with E-state index in [4.69, 9.17) is 5.73 Å². The van der Waals surface area contributed by atoms with Gasteiger partial charge in [0.2, 0.25) is 5.95 Å². The minimum Gasteiger partial charge on any atom is -0.368 e. The minimum absolute atomic E-state index is 0.117. The first-order valence-corrected chi connectivity index (χ1v) is 11.7. The van der Waals surface area contributed by atoms with Crippen molar-refractivity contribution in [3.05, 3.63) is 76.6 Å². The van der Waals surface area contributed by atoms with Crippen molar-refractivity contribution in [1.29, 1.82) is 0 Å². The minimum atomic E-state index is -4.53. The van der Waals surface area contributed by atoms with Crippen LogP contribution in [-0.2, 0) is 6.18 Å². The van der Waals surface area contributed by atoms with Crippen LogP contribution in [0.25, 0.3) is 0 Å². The molecule has 1 atom stereocenters. The molecule has 1 aliphatic heterocycles. The van der Waals surface area contributed by atoms with E-state index in [9.17, 15) is 18.0 Å². The molecule has 3 N–H and O–H groups in total. The lowest BCUT2D eigenvalue weighted by Crippen LogP contribution is -2.31. The third kappa shape index (κ3) is 6.19. The summed E-state index contributed by atoms with van der Waals surface area (Å²) >= 11 is 0. The van der Waals surface area contributed by atoms with Crippen LogP contribution < -0.4 is 16.0 Å². The van der Waals surface area contributed by atoms with E-state index in [0.717, 1.165) is 24.1 Å². The van der Waals surface area contributed by atoms with Gasteiger partial charge in [0.15, 0.2) is 0 Å². The maximum atomic E-state index is 13.5. The summed E-state index contributed by atoms with van der Waals surface area (Å²) in [6.07, 6.45) is -0.667. The van der Waals surface area contributed by atoms with Crippen molar-refractivity contribution in [2.45, 2.75) is 25.6 Å². The van der Waals surface area contributed by atoms with Gasteiger partial charge in [-0.1, -0.05) is 17.9 Å². The third-order valence-corrected chi connectivity index (χ3v) is 6.32. The molecule has 0 radical (unpaired) electrons. The number of alkyl halides is 3. The van der Waals surface area contributed by atoms with Gasteiger partial charge in [0.25, 0.3) is 5.91 Å². The first kappa shape index (κ1) is 26.0. The Morgan fingerprint density at radius 3 is 2.51 bits per heavy atom. The lowest BCUT2D eigenvalue weighted by Gasteiger charge is -2.25. The number of hydrogen-bond donors (Lipinski definition) is 2. The molecule has 192 valence electrons. The smallest absolute Gasteiger partial charge is 0.368 e. The normalized spacial score (nSPS) is 15.4. The van der Waals surface area contributed by atoms with Gasteiger partial charge in [-0.3, -0.25) is 4.79 Å². The number of aryl methyl sites for hydroxylation is 1. The van der Waals surface area contributed by atoms with Crippen LogP contribution in [0.3, 0.4) is 0 Å². The molecule has 1 aromatic heterocycles. The Morgan fingerprint density at radius 1 is 1.14 bits per heavy atom. The first-order chi connectivity index (χ1) is 17.5. The lowest BCUT2D eigenvalue weighted by atomic mass is 10.0. The average Bonchev–Trinajstić information content (AvgIpc) is 3.34. The zero-order valence-corrected chi connectivity index (χ0v) is 20.7. The highest BCUT2D eigenvalue weighted by Crippen LogP contribution is 2.37. The monoisotopic (exact) mass is 508 g/mol. The molecule has 1 amide bonds. The van der Waals surface area contributed by atoms with E-state index in [1.807, 2.05) is 25.9 Å². The summed E-state index contributed by atoms with van der Waals surface area (Å²) in [5, 5.41) is 2.71. The zero-order valence-electron chi connectivity index (χ0n) is 20.7. The summed E-state index contributed by atoms with van der Waals surface area (Å²) in [5.41, 5.74) is 7.62. The standard InChI is InChI=1S/C27H27F3N6O/c1-17-4-6-20(12-19(17)7-5-18-14-32-26(31)33-15-18)25(37)34-23-13-21(27(28,29)30)8-9-24(23)36-11-10-22(16-36)35(2)3/h4,6,8-9,12-15,22H,10-11,16H2,1-3H3,(H,34,37)(H2,31,32,33). The molecular formula is C27H27F3N6O. The van der Waals surface area contributed by atoms with Gasteiger partial charge >= 0.3 is 6.18 Å². The summed E-state index contributed by atoms with van der Waals surface area (Å²) in [7, 11) is 3.95. The highest BCUT2D eigenvalue weighted by molar-refractivity contribution is 6.06. The highest BCUT2D eigenvalue weighted by Gasteiger charge is 2.33. The van der Waals surface area contributed by atoms with Crippen molar-refractivity contribution in [2.75, 3.05) is 43.1 Å². The Bertz CT molecular complexity index is 1360. The number of likely N-dealkylation sites (N-methyl/N-ethyl adjacent to an activating group) is 1. The molecule has 37 heavy (non-hydrogen) atoms. The van der Waals surface area contributed by atoms with Crippen LogP contribution in [0.5, 0.6) is 0 Å². The van der Waals surface area contributed by atoms with Gasteiger partial charge in [-0.25, -0.2) is 9.97 Å². The Balaban J connectivity index is 1.62. The van der Waals surface area contributed by atoms with Crippen LogP contribution in [0.2, 0.25) is 0 Å². The number of halogens is 3. The topological polar surface area (TPSA) is 87.4 Å². The summed E-state index contributed by atoms with van der Waals surface area (Å²) < 4.78 is 40.5. The lowest BCUT2D eigenvalue weighted by molar-refractivity contribution is -0.137. The molecule has 7 nitrogen and oxygen atoms in total. The molecule has 2 aromatic carbocycles. The van der Waals surface area contributed by atoms with E-state index in [1.165, 1.54) is 18.5 Å². The molecule has 3 aromatic rings. The average molecular weight is 509 g/mol. The fraction of sp³-hybridized carbons (Fsp3) is 0.296. The molecule has 1 aliphatic rings. The van der Waals surface area contributed by atoms with Crippen LogP contribution in [0, 0.1) is 18.8 Å². The van der Waals surface area contributed by atoms with Crippen molar-refractivity contribution in [2.24, 2.45) is 0 Å². The predicted octanol–water partition coefficient (Wildman–Crippen LogP) is 4.18. The van der Waals surface area contributed by atoms with Crippen molar-refractivity contribution < 1.29 is 18.0 Å². The van der Waals surface area contributed by atoms with Gasteiger partial charge < -0.3 is 20.9 Å². The van der Waals surface area contributed by atoms with Crippen LogP contribution in [-0.4, -0.2) is 54.0 Å². The van der Waals surface area contributed by atoms with Crippen LogP contribution in [0.15, 0.2) is 48.8 Å². The molecule has 4 rings (SSSR count). The van der Waals surface area contributed by atoms with Gasteiger partial charge in [0.1, 0.15) is 0 Å². The Hall–Kier alpha value is -4.10. The molecule has 0 bridgehead atoms. The Labute approximate surface area is 213 Å². The number of nitrogen functional groups attached to an aromatic ring is 1. The number of nitrogens with zero attached hydrogens (tertiary/aromatic N) is 4. The Kier molecular flexibility index (Phi) is 7.36. The molecule has 2 heterocycles. The van der Waals surface area contributed by atoms with E-state index < -0.39 is 17.6 Å². The van der Waals surface area contributed by atoms with Gasteiger partial charge in [-0.05, 0) is 63.3 Å². The molecule has 1 unspecified atom stereocenters. The summed E-state index contributed by atoms with van der Waals surface area (Å²) in [6.45, 7) is 3.18. The van der Waals surface area contributed by atoms with Crippen molar-refractivity contribution in [3.63, 3.8) is 0 Å². The molecule has 0 aliphatic carbocycles. The second-order valence-electron chi connectivity index (χ2n) is 9.15. The molecule has 1 fully saturated rings. The van der Waals surface area contributed by atoms with E-state index in [0.29, 0.717) is 29.9 Å². The number of nitrogens with two attached hydrogens (primary N) is 1. The van der Waals surface area contributed by atoms with Gasteiger partial charge in [0, 0.05) is 42.7 Å². The molecule has 0 spiro atoms. The number of hydrogen-bond acceptors (Lipinski definition) is 6. The van der Waals surface area contributed by atoms with Crippen molar-refractivity contribution >= 4 is 23.2 Å². The number of carbonyl (C=O) groups is 1. The van der Waals surface area contributed by atoms with E-state index in [-0.39, 0.29) is 23.2 Å². The quantitative estimate of drug-likeness (QED) is 0.515. The largest absolute Gasteiger partial charge is 0.416 e. The predicted molar refractivity (Wildman–Crippen MR) is 137 cm³/mol. The highest BCUT2D eigenvalue weighted by atomic mass is 19.4. The van der Waals surface area contributed by atoms with Gasteiger partial charge in [-0.2, -0.15) is 13.2 Å². The molecule has 0 saturated carbocycles. The molecule has 10 heteroatoms. The summed E-state index contributed by atoms with van der Waals surface area (Å²) in [5.74, 6) is 5.54. The maximum absolute atomic E-state index is 13.5. The second kappa shape index (κ2) is 10.5. The maximum Gasteiger partial charge on any atom is 0.416 e. The number of benzene rings is 2. The first-order valence-electron chi connectivity index (χ1n) is 11.7. The summed E-state index contributed by atoms with van der Waals surface area (Å²) in [4.78, 5) is 25.1. The van der Waals surface area contributed by atoms with Gasteiger partial charge in [-0.15, -0.1) is 0 Å². The van der Waals surface area contributed by atoms with E-state index in [2.05, 4.69) is 32.0 Å². The van der Waals surface area contributed by atoms with Gasteiger partial charge in [0.05, 0.1) is 22.5 Å². The third-order valence-electron chi connectivity index (χ3n) is 6.32. The van der Waals surface area contributed by atoms with Crippen LogP contribution in [0.4, 0.5) is 30.5 Å². The fourth-order valence-corrected chi connectivity index (χ4v) is 4.10. The zero-order chi connectivity index (χ0) is 26.7. The van der Waals surface area contributed by atoms with Crippen LogP contribution >= 0.6 is 0 Å². The van der Waals surface area contributed by atoms with Crippen molar-refractivity contribution in [1.82, 2.24) is 14.9 Å². The SMILES string of the molecule is Cc1ccc(C(=O)Nc2cc(C(F)(F)F)ccc2N2CCC(N(C)C)C2)cc1C#Cc1cnc(N)nc1. The molecular weight excluding hydrogens is 481 g/mol. The number of anilines is 3. The molecule has 1 saturated heterocycles. The van der Waals surface area contributed by atoms with Crippen LogP contribution in [0.1, 0.15) is 39.0 Å².